The van der Waals surface area contributed by atoms with E-state index >= 15 is 0 Å². The van der Waals surface area contributed by atoms with Crippen molar-refractivity contribution in [2.75, 3.05) is 10.6 Å². The second-order valence-electron chi connectivity index (χ2n) is 4.44. The highest BCUT2D eigenvalue weighted by Crippen LogP contribution is 2.24. The van der Waals surface area contributed by atoms with E-state index in [9.17, 15) is 9.59 Å². The smallest absolute Gasteiger partial charge is 0.335 e. The van der Waals surface area contributed by atoms with Crippen molar-refractivity contribution in [3.63, 3.8) is 0 Å². The molecule has 3 N–H and O–H groups in total. The number of carboxylic acids is 1. The summed E-state index contributed by atoms with van der Waals surface area (Å²) in [6.45, 7) is 1.96. The zero-order chi connectivity index (χ0) is 15.4. The van der Waals surface area contributed by atoms with Crippen LogP contribution < -0.4 is 10.6 Å². The summed E-state index contributed by atoms with van der Waals surface area (Å²) in [4.78, 5) is 22.8. The van der Waals surface area contributed by atoms with Crippen molar-refractivity contribution in [3.8, 4) is 0 Å². The molecule has 0 aliphatic carbocycles. The van der Waals surface area contributed by atoms with Gasteiger partial charge in [0.25, 0.3) is 0 Å². The maximum absolute atomic E-state index is 11.9. The van der Waals surface area contributed by atoms with Gasteiger partial charge in [-0.25, -0.2) is 9.59 Å². The van der Waals surface area contributed by atoms with Crippen LogP contribution in [0.5, 0.6) is 0 Å². The Morgan fingerprint density at radius 2 is 1.71 bits per heavy atom. The Hall–Kier alpha value is -2.34. The van der Waals surface area contributed by atoms with Gasteiger partial charge in [0.1, 0.15) is 0 Å². The molecule has 0 aliphatic heterocycles. The standard InChI is InChI=1S/C15H13BrN2O3/c1-9-2-5-11(6-3-9)17-15(21)18-13-8-10(14(19)20)4-7-12(13)16/h2-8H,1H3,(H,19,20)(H2,17,18,21). The summed E-state index contributed by atoms with van der Waals surface area (Å²) in [6.07, 6.45) is 0. The van der Waals surface area contributed by atoms with Crippen molar-refractivity contribution >= 4 is 39.3 Å². The minimum absolute atomic E-state index is 0.101. The van der Waals surface area contributed by atoms with Gasteiger partial charge < -0.3 is 15.7 Å². The molecular weight excluding hydrogens is 336 g/mol. The molecule has 0 unspecified atom stereocenters. The van der Waals surface area contributed by atoms with Crippen LogP contribution in [0.15, 0.2) is 46.9 Å². The number of rotatable bonds is 3. The van der Waals surface area contributed by atoms with E-state index in [0.717, 1.165) is 5.56 Å². The van der Waals surface area contributed by atoms with Crippen LogP contribution >= 0.6 is 15.9 Å². The number of urea groups is 1. The van der Waals surface area contributed by atoms with Crippen molar-refractivity contribution < 1.29 is 14.7 Å². The van der Waals surface area contributed by atoms with Crippen molar-refractivity contribution in [2.45, 2.75) is 6.92 Å². The summed E-state index contributed by atoms with van der Waals surface area (Å²) in [5.41, 5.74) is 2.24. The number of amides is 2. The molecule has 0 fully saturated rings. The van der Waals surface area contributed by atoms with Crippen LogP contribution in [0, 0.1) is 6.92 Å². The number of hydrogen-bond donors (Lipinski definition) is 3. The van der Waals surface area contributed by atoms with Crippen LogP contribution in [0.1, 0.15) is 15.9 Å². The van der Waals surface area contributed by atoms with Gasteiger partial charge in [-0.15, -0.1) is 0 Å². The molecule has 0 saturated heterocycles. The number of halogens is 1. The molecule has 0 spiro atoms. The Morgan fingerprint density at radius 3 is 2.33 bits per heavy atom. The van der Waals surface area contributed by atoms with Gasteiger partial charge >= 0.3 is 12.0 Å². The number of carboxylic acid groups (broad SMARTS) is 1. The van der Waals surface area contributed by atoms with Crippen LogP contribution in [0.3, 0.4) is 0 Å². The zero-order valence-electron chi connectivity index (χ0n) is 11.2. The summed E-state index contributed by atoms with van der Waals surface area (Å²) < 4.78 is 0.603. The molecule has 2 rings (SSSR count). The third-order valence-electron chi connectivity index (χ3n) is 2.77. The number of anilines is 2. The third kappa shape index (κ3) is 4.06. The second kappa shape index (κ2) is 6.41. The number of hydrogen-bond acceptors (Lipinski definition) is 2. The predicted molar refractivity (Wildman–Crippen MR) is 84.9 cm³/mol. The minimum atomic E-state index is -1.05. The first-order valence-electron chi connectivity index (χ1n) is 6.13. The molecule has 2 aromatic carbocycles. The van der Waals surface area contributed by atoms with Gasteiger partial charge in [0, 0.05) is 10.2 Å². The average Bonchev–Trinajstić information content (AvgIpc) is 2.43. The monoisotopic (exact) mass is 348 g/mol. The number of carbonyl (C=O) groups excluding carboxylic acids is 1. The Labute approximate surface area is 130 Å². The second-order valence-corrected chi connectivity index (χ2v) is 5.30. The van der Waals surface area contributed by atoms with Gasteiger partial charge in [0.05, 0.1) is 11.3 Å². The Morgan fingerprint density at radius 1 is 1.05 bits per heavy atom. The summed E-state index contributed by atoms with van der Waals surface area (Å²) in [6, 6.07) is 11.3. The first kappa shape index (κ1) is 15.1. The van der Waals surface area contributed by atoms with Crippen LogP contribution in [0.25, 0.3) is 0 Å². The lowest BCUT2D eigenvalue weighted by atomic mass is 10.2. The number of aryl methyl sites for hydroxylation is 1. The fourth-order valence-electron chi connectivity index (χ4n) is 1.68. The van der Waals surface area contributed by atoms with E-state index in [2.05, 4.69) is 26.6 Å². The van der Waals surface area contributed by atoms with Gasteiger partial charge in [-0.2, -0.15) is 0 Å². The van der Waals surface area contributed by atoms with Gasteiger partial charge in [-0.3, -0.25) is 0 Å². The highest BCUT2D eigenvalue weighted by molar-refractivity contribution is 9.10. The third-order valence-corrected chi connectivity index (χ3v) is 3.46. The van der Waals surface area contributed by atoms with Gasteiger partial charge in [0.15, 0.2) is 0 Å². The normalized spacial score (nSPS) is 10.0. The Balaban J connectivity index is 2.10. The molecule has 0 bridgehead atoms. The van der Waals surface area contributed by atoms with Gasteiger partial charge in [-0.05, 0) is 53.2 Å². The van der Waals surface area contributed by atoms with Crippen LogP contribution in [-0.2, 0) is 0 Å². The number of nitrogens with one attached hydrogen (secondary N) is 2. The highest BCUT2D eigenvalue weighted by Gasteiger charge is 2.10. The van der Waals surface area contributed by atoms with E-state index in [0.29, 0.717) is 15.8 Å². The summed E-state index contributed by atoms with van der Waals surface area (Å²) in [5, 5.41) is 14.2. The average molecular weight is 349 g/mol. The maximum atomic E-state index is 11.9. The molecule has 0 aromatic heterocycles. The van der Waals surface area contributed by atoms with E-state index in [1.54, 1.807) is 18.2 Å². The van der Waals surface area contributed by atoms with Crippen molar-refractivity contribution in [2.24, 2.45) is 0 Å². The lowest BCUT2D eigenvalue weighted by Gasteiger charge is -2.10. The molecule has 6 heteroatoms. The number of aromatic carboxylic acids is 1. The molecular formula is C15H13BrN2O3. The molecule has 2 amide bonds. The fraction of sp³-hybridized carbons (Fsp3) is 0.0667. The summed E-state index contributed by atoms with van der Waals surface area (Å²) in [7, 11) is 0. The van der Waals surface area contributed by atoms with Crippen molar-refractivity contribution in [3.05, 3.63) is 58.1 Å². The molecule has 108 valence electrons. The van der Waals surface area contributed by atoms with E-state index in [1.807, 2.05) is 19.1 Å². The SMILES string of the molecule is Cc1ccc(NC(=O)Nc2cc(C(=O)O)ccc2Br)cc1. The van der Waals surface area contributed by atoms with Gasteiger partial charge in [0.2, 0.25) is 0 Å². The maximum Gasteiger partial charge on any atom is 0.335 e. The summed E-state index contributed by atoms with van der Waals surface area (Å²) >= 11 is 3.27. The van der Waals surface area contributed by atoms with E-state index in [4.69, 9.17) is 5.11 Å². The molecule has 2 aromatic rings. The molecule has 0 aliphatic rings. The Kier molecular flexibility index (Phi) is 4.59. The number of carbonyl (C=O) groups is 2. The summed E-state index contributed by atoms with van der Waals surface area (Å²) in [5.74, 6) is -1.05. The van der Waals surface area contributed by atoms with Crippen LogP contribution in [0.4, 0.5) is 16.2 Å². The quantitative estimate of drug-likeness (QED) is 0.781. The number of benzene rings is 2. The molecule has 0 heterocycles. The predicted octanol–water partition coefficient (Wildman–Crippen LogP) is 4.10. The molecule has 0 radical (unpaired) electrons. The molecule has 0 saturated carbocycles. The van der Waals surface area contributed by atoms with Crippen molar-refractivity contribution in [1.29, 1.82) is 0 Å². The van der Waals surface area contributed by atoms with Crippen molar-refractivity contribution in [1.82, 2.24) is 0 Å². The van der Waals surface area contributed by atoms with E-state index in [1.165, 1.54) is 12.1 Å². The minimum Gasteiger partial charge on any atom is -0.478 e. The molecule has 5 nitrogen and oxygen atoms in total. The van der Waals surface area contributed by atoms with E-state index < -0.39 is 12.0 Å². The highest BCUT2D eigenvalue weighted by atomic mass is 79.9. The fourth-order valence-corrected chi connectivity index (χ4v) is 2.02. The zero-order valence-corrected chi connectivity index (χ0v) is 12.8. The lowest BCUT2D eigenvalue weighted by Crippen LogP contribution is -2.19. The Bertz CT molecular complexity index is 684. The van der Waals surface area contributed by atoms with Crippen LogP contribution in [-0.4, -0.2) is 17.1 Å². The first-order valence-corrected chi connectivity index (χ1v) is 6.92. The lowest BCUT2D eigenvalue weighted by molar-refractivity contribution is 0.0697. The largest absolute Gasteiger partial charge is 0.478 e. The topological polar surface area (TPSA) is 78.4 Å². The molecule has 0 atom stereocenters. The first-order chi connectivity index (χ1) is 9.95. The molecule has 21 heavy (non-hydrogen) atoms. The van der Waals surface area contributed by atoms with E-state index in [-0.39, 0.29) is 5.56 Å². The van der Waals surface area contributed by atoms with Crippen LogP contribution in [0.2, 0.25) is 0 Å². The van der Waals surface area contributed by atoms with Gasteiger partial charge in [-0.1, -0.05) is 17.7 Å².